The second-order valence-corrected chi connectivity index (χ2v) is 5.75. The van der Waals surface area contributed by atoms with E-state index in [0.717, 1.165) is 16.7 Å². The van der Waals surface area contributed by atoms with Gasteiger partial charge in [-0.25, -0.2) is 0 Å². The molecule has 0 radical (unpaired) electrons. The van der Waals surface area contributed by atoms with Crippen LogP contribution in [0.5, 0.6) is 11.5 Å². The number of hydrogen-bond donors (Lipinski definition) is 1. The third kappa shape index (κ3) is 2.69. The molecule has 0 unspecified atom stereocenters. The summed E-state index contributed by atoms with van der Waals surface area (Å²) >= 11 is 0. The first-order valence-electron chi connectivity index (χ1n) is 7.90. The van der Waals surface area contributed by atoms with Crippen LogP contribution in [0.3, 0.4) is 0 Å². The molecular formula is C19H17NO4. The van der Waals surface area contributed by atoms with E-state index in [-0.39, 0.29) is 11.9 Å². The highest BCUT2D eigenvalue weighted by Gasteiger charge is 2.18. The second kappa shape index (κ2) is 5.92. The number of carbonyl (C=O) groups is 1. The maximum atomic E-state index is 12.4. The lowest BCUT2D eigenvalue weighted by molar-refractivity contribution is 0.0914. The highest BCUT2D eigenvalue weighted by molar-refractivity contribution is 5.96. The molecule has 1 aliphatic heterocycles. The molecule has 1 aliphatic rings. The van der Waals surface area contributed by atoms with E-state index in [9.17, 15) is 4.79 Å². The van der Waals surface area contributed by atoms with Crippen LogP contribution in [0, 0.1) is 0 Å². The number of carbonyl (C=O) groups excluding carboxylic acids is 1. The molecule has 0 spiro atoms. The average Bonchev–Trinajstić information content (AvgIpc) is 3.05. The van der Waals surface area contributed by atoms with Gasteiger partial charge in [-0.1, -0.05) is 24.3 Å². The normalized spacial score (nSPS) is 14.4. The minimum absolute atomic E-state index is 0.179. The first-order chi connectivity index (χ1) is 11.7. The van der Waals surface area contributed by atoms with Gasteiger partial charge < -0.3 is 19.2 Å². The monoisotopic (exact) mass is 323 g/mol. The van der Waals surface area contributed by atoms with Gasteiger partial charge in [-0.3, -0.25) is 4.79 Å². The predicted octanol–water partition coefficient (Wildman–Crippen LogP) is 3.70. The quantitative estimate of drug-likeness (QED) is 0.798. The predicted molar refractivity (Wildman–Crippen MR) is 89.5 cm³/mol. The Kier molecular flexibility index (Phi) is 3.61. The van der Waals surface area contributed by atoms with E-state index in [4.69, 9.17) is 13.9 Å². The fourth-order valence-electron chi connectivity index (χ4n) is 2.77. The first-order valence-corrected chi connectivity index (χ1v) is 7.90. The molecule has 3 aromatic rings. The van der Waals surface area contributed by atoms with Crippen molar-refractivity contribution in [3.8, 4) is 11.5 Å². The van der Waals surface area contributed by atoms with Crippen LogP contribution in [0.15, 0.2) is 52.9 Å². The summed E-state index contributed by atoms with van der Waals surface area (Å²) in [5.41, 5.74) is 1.65. The zero-order chi connectivity index (χ0) is 16.5. The number of para-hydroxylation sites is 1. The topological polar surface area (TPSA) is 60.7 Å². The molecule has 122 valence electrons. The summed E-state index contributed by atoms with van der Waals surface area (Å²) in [7, 11) is 0. The van der Waals surface area contributed by atoms with E-state index in [1.807, 2.05) is 49.4 Å². The summed E-state index contributed by atoms with van der Waals surface area (Å²) in [6.07, 6.45) is 0. The summed E-state index contributed by atoms with van der Waals surface area (Å²) < 4.78 is 16.7. The van der Waals surface area contributed by atoms with Crippen molar-refractivity contribution in [3.05, 3.63) is 59.9 Å². The number of benzene rings is 2. The Morgan fingerprint density at radius 1 is 1.04 bits per heavy atom. The molecular weight excluding hydrogens is 306 g/mol. The summed E-state index contributed by atoms with van der Waals surface area (Å²) in [6.45, 7) is 3.02. The lowest BCUT2D eigenvalue weighted by Crippen LogP contribution is -2.26. The molecule has 0 saturated heterocycles. The lowest BCUT2D eigenvalue weighted by Gasteiger charge is -2.20. The van der Waals surface area contributed by atoms with E-state index < -0.39 is 0 Å². The summed E-state index contributed by atoms with van der Waals surface area (Å²) in [4.78, 5) is 12.4. The smallest absolute Gasteiger partial charge is 0.287 e. The maximum absolute atomic E-state index is 12.4. The van der Waals surface area contributed by atoms with Crippen molar-refractivity contribution < 1.29 is 18.7 Å². The molecule has 1 atom stereocenters. The van der Waals surface area contributed by atoms with Gasteiger partial charge in [0.25, 0.3) is 5.91 Å². The van der Waals surface area contributed by atoms with Crippen molar-refractivity contribution in [1.29, 1.82) is 0 Å². The summed E-state index contributed by atoms with van der Waals surface area (Å²) in [5.74, 6) is 1.51. The number of hydrogen-bond acceptors (Lipinski definition) is 4. The molecule has 5 heteroatoms. The number of furan rings is 1. The fraction of sp³-hybridized carbons (Fsp3) is 0.211. The number of fused-ring (bicyclic) bond motifs is 2. The van der Waals surface area contributed by atoms with Crippen LogP contribution in [0.4, 0.5) is 0 Å². The molecule has 0 saturated carbocycles. The van der Waals surface area contributed by atoms with Gasteiger partial charge in [-0.05, 0) is 36.8 Å². The van der Waals surface area contributed by atoms with Gasteiger partial charge >= 0.3 is 0 Å². The lowest BCUT2D eigenvalue weighted by atomic mass is 10.1. The Bertz CT molecular complexity index is 866. The Hall–Kier alpha value is -2.95. The van der Waals surface area contributed by atoms with Gasteiger partial charge in [0, 0.05) is 5.39 Å². The van der Waals surface area contributed by atoms with Crippen LogP contribution in [-0.4, -0.2) is 19.1 Å². The third-order valence-electron chi connectivity index (χ3n) is 4.06. The van der Waals surface area contributed by atoms with E-state index in [2.05, 4.69) is 5.32 Å². The molecule has 4 rings (SSSR count). The van der Waals surface area contributed by atoms with Gasteiger partial charge in [0.2, 0.25) is 0 Å². The van der Waals surface area contributed by atoms with Crippen molar-refractivity contribution >= 4 is 16.9 Å². The standard InChI is InChI=1S/C19H17NO4/c1-12(13-6-7-16-17(10-13)23-9-8-22-16)20-19(21)18-11-14-4-2-3-5-15(14)24-18/h2-7,10-12H,8-9H2,1H3,(H,20,21)/t12-/m0/s1. The molecule has 5 nitrogen and oxygen atoms in total. The van der Waals surface area contributed by atoms with E-state index in [0.29, 0.717) is 30.3 Å². The van der Waals surface area contributed by atoms with Crippen LogP contribution in [0.2, 0.25) is 0 Å². The molecule has 2 aromatic carbocycles. The molecule has 1 amide bonds. The Morgan fingerprint density at radius 3 is 2.67 bits per heavy atom. The molecule has 0 bridgehead atoms. The SMILES string of the molecule is C[C@H](NC(=O)c1cc2ccccc2o1)c1ccc2c(c1)OCCO2. The zero-order valence-corrected chi connectivity index (χ0v) is 13.2. The summed E-state index contributed by atoms with van der Waals surface area (Å²) in [5, 5.41) is 3.86. The van der Waals surface area contributed by atoms with Crippen molar-refractivity contribution in [2.24, 2.45) is 0 Å². The number of ether oxygens (including phenoxy) is 2. The highest BCUT2D eigenvalue weighted by Crippen LogP contribution is 2.32. The van der Waals surface area contributed by atoms with E-state index >= 15 is 0 Å². The van der Waals surface area contributed by atoms with Crippen molar-refractivity contribution in [2.75, 3.05) is 13.2 Å². The molecule has 24 heavy (non-hydrogen) atoms. The largest absolute Gasteiger partial charge is 0.486 e. The van der Waals surface area contributed by atoms with Crippen molar-refractivity contribution in [3.63, 3.8) is 0 Å². The van der Waals surface area contributed by atoms with Crippen molar-refractivity contribution in [2.45, 2.75) is 13.0 Å². The number of nitrogens with one attached hydrogen (secondary N) is 1. The van der Waals surface area contributed by atoms with Crippen LogP contribution >= 0.6 is 0 Å². The minimum Gasteiger partial charge on any atom is -0.486 e. The van der Waals surface area contributed by atoms with E-state index in [1.165, 1.54) is 0 Å². The van der Waals surface area contributed by atoms with Gasteiger partial charge in [0.15, 0.2) is 17.3 Å². The maximum Gasteiger partial charge on any atom is 0.287 e. The Labute approximate surface area is 139 Å². The average molecular weight is 323 g/mol. The van der Waals surface area contributed by atoms with Gasteiger partial charge in [-0.2, -0.15) is 0 Å². The zero-order valence-electron chi connectivity index (χ0n) is 13.2. The van der Waals surface area contributed by atoms with Gasteiger partial charge in [0.05, 0.1) is 6.04 Å². The molecule has 1 N–H and O–H groups in total. The van der Waals surface area contributed by atoms with Crippen LogP contribution in [-0.2, 0) is 0 Å². The Balaban J connectivity index is 1.52. The number of amides is 1. The molecule has 0 aliphatic carbocycles. The minimum atomic E-state index is -0.242. The van der Waals surface area contributed by atoms with Crippen molar-refractivity contribution in [1.82, 2.24) is 5.32 Å². The fourth-order valence-corrected chi connectivity index (χ4v) is 2.77. The van der Waals surface area contributed by atoms with Gasteiger partial charge in [-0.15, -0.1) is 0 Å². The van der Waals surface area contributed by atoms with Crippen LogP contribution < -0.4 is 14.8 Å². The molecule has 0 fully saturated rings. The second-order valence-electron chi connectivity index (χ2n) is 5.75. The molecule has 2 heterocycles. The van der Waals surface area contributed by atoms with Crippen LogP contribution in [0.1, 0.15) is 29.1 Å². The number of rotatable bonds is 3. The first kappa shape index (κ1) is 14.6. The third-order valence-corrected chi connectivity index (χ3v) is 4.06. The highest BCUT2D eigenvalue weighted by atomic mass is 16.6. The van der Waals surface area contributed by atoms with Crippen LogP contribution in [0.25, 0.3) is 11.0 Å². The van der Waals surface area contributed by atoms with Gasteiger partial charge in [0.1, 0.15) is 18.8 Å². The van der Waals surface area contributed by atoms with E-state index in [1.54, 1.807) is 6.07 Å². The Morgan fingerprint density at radius 2 is 1.83 bits per heavy atom. The summed E-state index contributed by atoms with van der Waals surface area (Å²) in [6, 6.07) is 14.8. The molecule has 1 aromatic heterocycles.